The van der Waals surface area contributed by atoms with Crippen molar-refractivity contribution < 1.29 is 23.9 Å². The minimum absolute atomic E-state index is 0.150. The van der Waals surface area contributed by atoms with Gasteiger partial charge in [0.1, 0.15) is 10.3 Å². The molecule has 19 heteroatoms. The van der Waals surface area contributed by atoms with E-state index in [0.717, 1.165) is 6.33 Å². The molecule has 0 aromatic carbocycles. The van der Waals surface area contributed by atoms with Crippen LogP contribution >= 0.6 is 0 Å². The summed E-state index contributed by atoms with van der Waals surface area (Å²) in [4.78, 5) is 13.0. The quantitative estimate of drug-likeness (QED) is 0.263. The second-order valence-electron chi connectivity index (χ2n) is 3.84. The fraction of sp³-hybridized carbons (Fsp3) is 0. The number of aromatic nitrogens is 7. The maximum absolute atomic E-state index is 11.9. The highest BCUT2D eigenvalue weighted by Crippen LogP contribution is 2.25. The van der Waals surface area contributed by atoms with Crippen molar-refractivity contribution in [3.8, 4) is 0 Å². The molecule has 0 saturated carbocycles. The van der Waals surface area contributed by atoms with E-state index in [1.54, 1.807) is 0 Å². The first-order valence-corrected chi connectivity index (χ1v) is 5.80. The Morgan fingerprint density at radius 3 is 2.44 bits per heavy atom. The van der Waals surface area contributed by atoms with Crippen molar-refractivity contribution in [2.24, 2.45) is 10.3 Å². The van der Waals surface area contributed by atoms with Crippen LogP contribution in [0.4, 0.5) is 29.2 Å². The summed E-state index contributed by atoms with van der Waals surface area (Å²) in [6.45, 7) is 0. The lowest BCUT2D eigenvalue weighted by atomic mass is 10.6. The summed E-state index contributed by atoms with van der Waals surface area (Å²) in [6, 6.07) is 0. The van der Waals surface area contributed by atoms with E-state index in [4.69, 9.17) is 5.73 Å². The molecule has 3 rings (SSSR count). The van der Waals surface area contributed by atoms with Gasteiger partial charge in [-0.15, -0.1) is 14.4 Å². The van der Waals surface area contributed by atoms with Gasteiger partial charge < -0.3 is 26.3 Å². The molecule has 0 aliphatic heterocycles. The second kappa shape index (κ2) is 5.90. The van der Waals surface area contributed by atoms with E-state index >= 15 is 0 Å². The zero-order chi connectivity index (χ0) is 18.0. The molecule has 0 fully saturated rings. The van der Waals surface area contributed by atoms with Gasteiger partial charge in [-0.1, -0.05) is 0 Å². The summed E-state index contributed by atoms with van der Waals surface area (Å²) < 4.78 is 8.50. The maximum atomic E-state index is 11.9. The number of nitrogen functional groups attached to an aromatic ring is 1. The SMILES string of the molecule is Nc1nonc1[N+]([O-])=Nc1nonc1[N+]([O-])=Nn1cnc([N+](=O)[O-])n1. The molecule has 25 heavy (non-hydrogen) atoms. The van der Waals surface area contributed by atoms with Crippen molar-refractivity contribution in [1.82, 2.24) is 35.5 Å². The lowest BCUT2D eigenvalue weighted by Gasteiger charge is -2.00. The molecular formula is C6H3N13O6. The van der Waals surface area contributed by atoms with Crippen molar-refractivity contribution in [2.45, 2.75) is 0 Å². The highest BCUT2D eigenvalue weighted by atomic mass is 16.6. The van der Waals surface area contributed by atoms with Gasteiger partial charge in [-0.05, 0) is 20.2 Å². The number of nitrogens with two attached hydrogens (primary N) is 1. The highest BCUT2D eigenvalue weighted by Gasteiger charge is 2.24. The fourth-order valence-electron chi connectivity index (χ4n) is 1.32. The molecule has 3 heterocycles. The van der Waals surface area contributed by atoms with Gasteiger partial charge in [0.05, 0.1) is 10.0 Å². The highest BCUT2D eigenvalue weighted by molar-refractivity contribution is 5.44. The van der Waals surface area contributed by atoms with Crippen LogP contribution in [0.15, 0.2) is 25.9 Å². The molecule has 0 bridgehead atoms. The van der Waals surface area contributed by atoms with Crippen molar-refractivity contribution in [2.75, 3.05) is 5.73 Å². The van der Waals surface area contributed by atoms with E-state index < -0.39 is 28.3 Å². The third-order valence-corrected chi connectivity index (χ3v) is 2.30. The Kier molecular flexibility index (Phi) is 3.62. The predicted octanol–water partition coefficient (Wildman–Crippen LogP) is -0.483. The van der Waals surface area contributed by atoms with Gasteiger partial charge in [-0.2, -0.15) is 4.63 Å². The maximum Gasteiger partial charge on any atom is 0.507 e. The lowest BCUT2D eigenvalue weighted by molar-refractivity contribution is -0.458. The third-order valence-electron chi connectivity index (χ3n) is 2.30. The number of hydrogen-bond acceptors (Lipinski definition) is 15. The Morgan fingerprint density at radius 2 is 1.80 bits per heavy atom. The average Bonchev–Trinajstić information content (AvgIpc) is 3.27. The van der Waals surface area contributed by atoms with Crippen molar-refractivity contribution in [3.05, 3.63) is 26.9 Å². The Bertz CT molecular complexity index is 981. The van der Waals surface area contributed by atoms with E-state index in [-0.39, 0.29) is 15.5 Å². The van der Waals surface area contributed by atoms with Crippen LogP contribution in [-0.4, -0.2) is 50.1 Å². The van der Waals surface area contributed by atoms with Gasteiger partial charge in [-0.25, -0.2) is 0 Å². The van der Waals surface area contributed by atoms with Crippen LogP contribution in [0, 0.1) is 20.5 Å². The Labute approximate surface area is 132 Å². The first kappa shape index (κ1) is 15.3. The molecular weight excluding hydrogens is 350 g/mol. The van der Waals surface area contributed by atoms with Crippen LogP contribution in [0.5, 0.6) is 0 Å². The summed E-state index contributed by atoms with van der Waals surface area (Å²) in [5, 5.41) is 56.7. The minimum Gasteiger partial charge on any atom is -0.721 e. The van der Waals surface area contributed by atoms with Gasteiger partial charge in [0, 0.05) is 5.16 Å². The number of azo groups is 1. The summed E-state index contributed by atoms with van der Waals surface area (Å²) in [7, 11) is 0. The first-order chi connectivity index (χ1) is 12.0. The summed E-state index contributed by atoms with van der Waals surface area (Å²) in [5.74, 6) is -2.94. The molecule has 0 saturated heterocycles. The summed E-state index contributed by atoms with van der Waals surface area (Å²) in [6.07, 6.45) is 0.787. The number of anilines is 1. The van der Waals surface area contributed by atoms with E-state index in [2.05, 4.69) is 50.3 Å². The van der Waals surface area contributed by atoms with Crippen molar-refractivity contribution in [3.63, 3.8) is 0 Å². The molecule has 0 amide bonds. The number of hydrogen-bond donors (Lipinski definition) is 1. The minimum atomic E-state index is -0.898. The van der Waals surface area contributed by atoms with E-state index in [1.165, 1.54) is 0 Å². The van der Waals surface area contributed by atoms with Crippen LogP contribution in [0.3, 0.4) is 0 Å². The molecule has 0 spiro atoms. The Hall–Kier alpha value is -4.58. The molecule has 2 N–H and O–H groups in total. The predicted molar refractivity (Wildman–Crippen MR) is 66.2 cm³/mol. The normalized spacial score (nSPS) is 12.5. The Balaban J connectivity index is 1.91. The van der Waals surface area contributed by atoms with E-state index in [0.29, 0.717) is 4.79 Å². The topological polar surface area (TPSA) is 255 Å². The monoisotopic (exact) mass is 353 g/mol. The largest absolute Gasteiger partial charge is 0.721 e. The van der Waals surface area contributed by atoms with Crippen LogP contribution < -0.4 is 5.73 Å². The van der Waals surface area contributed by atoms with Crippen molar-refractivity contribution >= 4 is 29.2 Å². The van der Waals surface area contributed by atoms with E-state index in [1.807, 2.05) is 0 Å². The molecule has 0 radical (unpaired) electrons. The average molecular weight is 353 g/mol. The number of nitro groups is 1. The lowest BCUT2D eigenvalue weighted by Crippen LogP contribution is -2.01. The molecule has 3 aromatic heterocycles. The molecule has 0 unspecified atom stereocenters. The third kappa shape index (κ3) is 2.99. The van der Waals surface area contributed by atoms with Gasteiger partial charge in [0.15, 0.2) is 5.16 Å². The number of rotatable bonds is 5. The molecule has 19 nitrogen and oxygen atoms in total. The summed E-state index contributed by atoms with van der Waals surface area (Å²) in [5.41, 5.74) is 5.30. The molecule has 0 atom stereocenters. The van der Waals surface area contributed by atoms with E-state index in [9.17, 15) is 20.5 Å². The molecule has 3 aromatic rings. The van der Waals surface area contributed by atoms with Crippen LogP contribution in [0.25, 0.3) is 0 Å². The standard InChI is InChI=1S/C6H3N13O6/c7-2-4(13-24-11-2)17(20)9-3-5(14-25-12-3)18(21)15-16-1-8-6(10-16)19(22)23/h1H,(H2,7,11). The van der Waals surface area contributed by atoms with Gasteiger partial charge >= 0.3 is 23.4 Å². The fourth-order valence-corrected chi connectivity index (χ4v) is 1.32. The van der Waals surface area contributed by atoms with Gasteiger partial charge in [0.25, 0.3) is 12.1 Å². The number of nitrogens with zero attached hydrogens (tertiary/aromatic N) is 12. The van der Waals surface area contributed by atoms with Crippen LogP contribution in [0.1, 0.15) is 0 Å². The van der Waals surface area contributed by atoms with Crippen molar-refractivity contribution in [1.29, 1.82) is 0 Å². The van der Waals surface area contributed by atoms with Gasteiger partial charge in [-0.3, -0.25) is 0 Å². The van der Waals surface area contributed by atoms with Crippen LogP contribution in [0.2, 0.25) is 0 Å². The first-order valence-electron chi connectivity index (χ1n) is 5.80. The smallest absolute Gasteiger partial charge is 0.507 e. The molecule has 128 valence electrons. The zero-order valence-electron chi connectivity index (χ0n) is 11.5. The summed E-state index contributed by atoms with van der Waals surface area (Å²) >= 11 is 0. The molecule has 0 aliphatic rings. The van der Waals surface area contributed by atoms with Crippen LogP contribution in [-0.2, 0) is 0 Å². The molecule has 0 aliphatic carbocycles. The van der Waals surface area contributed by atoms with Gasteiger partial charge in [0.2, 0.25) is 0 Å². The zero-order valence-corrected chi connectivity index (χ0v) is 11.5. The Morgan fingerprint density at radius 1 is 1.08 bits per heavy atom. The second-order valence-corrected chi connectivity index (χ2v) is 3.84.